The summed E-state index contributed by atoms with van der Waals surface area (Å²) in [6.45, 7) is 3.45. The van der Waals surface area contributed by atoms with Crippen LogP contribution in [0.1, 0.15) is 12.5 Å². The third-order valence-electron chi connectivity index (χ3n) is 3.12. The summed E-state index contributed by atoms with van der Waals surface area (Å²) in [7, 11) is 0. The molecule has 2 rings (SSSR count). The quantitative estimate of drug-likeness (QED) is 0.883. The number of carbonyl (C=O) groups excluding carboxylic acids is 1. The Labute approximate surface area is 137 Å². The van der Waals surface area contributed by atoms with Crippen molar-refractivity contribution in [2.45, 2.75) is 26.3 Å². The van der Waals surface area contributed by atoms with Crippen molar-refractivity contribution in [2.75, 3.05) is 5.32 Å². The molecule has 4 nitrogen and oxygen atoms in total. The Bertz CT molecular complexity index is 699. The van der Waals surface area contributed by atoms with Crippen LogP contribution in [0.2, 0.25) is 0 Å². The van der Waals surface area contributed by atoms with E-state index in [1.165, 1.54) is 12.1 Å². The average molecular weight is 339 g/mol. The molecule has 0 radical (unpaired) electrons. The van der Waals surface area contributed by atoms with Gasteiger partial charge in [0.15, 0.2) is 6.10 Å². The van der Waals surface area contributed by atoms with Crippen LogP contribution in [0.5, 0.6) is 11.5 Å². The normalized spacial score (nSPS) is 12.4. The molecule has 24 heavy (non-hydrogen) atoms. The Morgan fingerprint density at radius 3 is 2.29 bits per heavy atom. The van der Waals surface area contributed by atoms with Gasteiger partial charge in [-0.1, -0.05) is 18.2 Å². The SMILES string of the molecule is Cc1ccccc1OC(C)C(=O)Nc1ccc(OC(F)(F)F)cc1. The fourth-order valence-electron chi connectivity index (χ4n) is 1.92. The summed E-state index contributed by atoms with van der Waals surface area (Å²) in [4.78, 5) is 12.1. The molecule has 128 valence electrons. The van der Waals surface area contributed by atoms with Crippen molar-refractivity contribution >= 4 is 11.6 Å². The minimum absolute atomic E-state index is 0.342. The van der Waals surface area contributed by atoms with E-state index in [1.807, 2.05) is 19.1 Å². The summed E-state index contributed by atoms with van der Waals surface area (Å²) in [5.74, 6) is -0.179. The van der Waals surface area contributed by atoms with Crippen LogP contribution in [0.25, 0.3) is 0 Å². The smallest absolute Gasteiger partial charge is 0.481 e. The lowest BCUT2D eigenvalue weighted by Crippen LogP contribution is -2.30. The van der Waals surface area contributed by atoms with E-state index in [1.54, 1.807) is 19.1 Å². The second kappa shape index (κ2) is 7.25. The van der Waals surface area contributed by atoms with Crippen molar-refractivity contribution in [3.8, 4) is 11.5 Å². The Balaban J connectivity index is 1.95. The highest BCUT2D eigenvalue weighted by Gasteiger charge is 2.31. The van der Waals surface area contributed by atoms with E-state index in [9.17, 15) is 18.0 Å². The van der Waals surface area contributed by atoms with Crippen LogP contribution in [-0.4, -0.2) is 18.4 Å². The first kappa shape index (κ1) is 17.7. The lowest BCUT2D eigenvalue weighted by atomic mass is 10.2. The number of amides is 1. The Morgan fingerprint density at radius 2 is 1.71 bits per heavy atom. The molecule has 0 aliphatic carbocycles. The molecule has 0 heterocycles. The van der Waals surface area contributed by atoms with Gasteiger partial charge in [0.1, 0.15) is 11.5 Å². The van der Waals surface area contributed by atoms with E-state index in [0.717, 1.165) is 17.7 Å². The first-order chi connectivity index (χ1) is 11.2. The molecule has 2 aromatic carbocycles. The summed E-state index contributed by atoms with van der Waals surface area (Å²) >= 11 is 0. The van der Waals surface area contributed by atoms with Crippen LogP contribution in [0, 0.1) is 6.92 Å². The maximum atomic E-state index is 12.1. The molecular weight excluding hydrogens is 323 g/mol. The first-order valence-electron chi connectivity index (χ1n) is 7.13. The minimum atomic E-state index is -4.75. The number of nitrogens with one attached hydrogen (secondary N) is 1. The number of halogens is 3. The molecule has 0 spiro atoms. The number of carbonyl (C=O) groups is 1. The maximum Gasteiger partial charge on any atom is 0.573 e. The third-order valence-corrected chi connectivity index (χ3v) is 3.12. The van der Waals surface area contributed by atoms with E-state index in [2.05, 4.69) is 10.1 Å². The predicted octanol–water partition coefficient (Wildman–Crippen LogP) is 4.30. The van der Waals surface area contributed by atoms with E-state index < -0.39 is 18.4 Å². The van der Waals surface area contributed by atoms with Crippen molar-refractivity contribution in [2.24, 2.45) is 0 Å². The van der Waals surface area contributed by atoms with Gasteiger partial charge in [-0.25, -0.2) is 0 Å². The molecule has 1 amide bonds. The van der Waals surface area contributed by atoms with Gasteiger partial charge in [-0.15, -0.1) is 13.2 Å². The summed E-state index contributed by atoms with van der Waals surface area (Å²) < 4.78 is 45.6. The van der Waals surface area contributed by atoms with Gasteiger partial charge in [-0.2, -0.15) is 0 Å². The van der Waals surface area contributed by atoms with Crippen molar-refractivity contribution in [3.05, 3.63) is 54.1 Å². The molecule has 0 aliphatic rings. The fourth-order valence-corrected chi connectivity index (χ4v) is 1.92. The monoisotopic (exact) mass is 339 g/mol. The average Bonchev–Trinajstić information content (AvgIpc) is 2.50. The minimum Gasteiger partial charge on any atom is -0.481 e. The topological polar surface area (TPSA) is 47.6 Å². The van der Waals surface area contributed by atoms with Crippen LogP contribution in [0.3, 0.4) is 0 Å². The van der Waals surface area contributed by atoms with Crippen molar-refractivity contribution in [3.63, 3.8) is 0 Å². The standard InChI is InChI=1S/C17H16F3NO3/c1-11-5-3-4-6-15(11)23-12(2)16(22)21-13-7-9-14(10-8-13)24-17(18,19)20/h3-10,12H,1-2H3,(H,21,22). The van der Waals surface area contributed by atoms with Gasteiger partial charge in [0.25, 0.3) is 5.91 Å². The zero-order valence-electron chi connectivity index (χ0n) is 13.1. The molecule has 0 saturated heterocycles. The number of para-hydroxylation sites is 1. The number of rotatable bonds is 5. The zero-order chi connectivity index (χ0) is 17.7. The maximum absolute atomic E-state index is 12.1. The molecule has 0 saturated carbocycles. The number of benzene rings is 2. The Kier molecular flexibility index (Phi) is 5.33. The van der Waals surface area contributed by atoms with Crippen molar-refractivity contribution in [1.82, 2.24) is 0 Å². The summed E-state index contributed by atoms with van der Waals surface area (Å²) in [6.07, 6.45) is -5.52. The van der Waals surface area contributed by atoms with Crippen LogP contribution < -0.4 is 14.8 Å². The molecule has 1 N–H and O–H groups in total. The molecular formula is C17H16F3NO3. The van der Waals surface area contributed by atoms with Crippen LogP contribution in [0.15, 0.2) is 48.5 Å². The summed E-state index contributed by atoms with van der Waals surface area (Å²) in [5.41, 5.74) is 1.24. The van der Waals surface area contributed by atoms with Gasteiger partial charge in [-0.05, 0) is 49.7 Å². The van der Waals surface area contributed by atoms with Gasteiger partial charge in [0, 0.05) is 5.69 Å². The number of hydrogen-bond acceptors (Lipinski definition) is 3. The summed E-state index contributed by atoms with van der Waals surface area (Å²) in [5, 5.41) is 2.57. The van der Waals surface area contributed by atoms with Crippen molar-refractivity contribution < 1.29 is 27.4 Å². The summed E-state index contributed by atoms with van der Waals surface area (Å²) in [6, 6.07) is 12.1. The molecule has 7 heteroatoms. The van der Waals surface area contributed by atoms with E-state index >= 15 is 0 Å². The third kappa shape index (κ3) is 5.19. The van der Waals surface area contributed by atoms with E-state index in [0.29, 0.717) is 11.4 Å². The fraction of sp³-hybridized carbons (Fsp3) is 0.235. The van der Waals surface area contributed by atoms with E-state index in [4.69, 9.17) is 4.74 Å². The zero-order valence-corrected chi connectivity index (χ0v) is 13.1. The van der Waals surface area contributed by atoms with Gasteiger partial charge < -0.3 is 14.8 Å². The number of ether oxygens (including phenoxy) is 2. The van der Waals surface area contributed by atoms with Crippen LogP contribution in [-0.2, 0) is 4.79 Å². The van der Waals surface area contributed by atoms with Gasteiger partial charge in [0.2, 0.25) is 0 Å². The highest BCUT2D eigenvalue weighted by Crippen LogP contribution is 2.24. The van der Waals surface area contributed by atoms with Crippen LogP contribution >= 0.6 is 0 Å². The molecule has 0 aromatic heterocycles. The lowest BCUT2D eigenvalue weighted by Gasteiger charge is -2.16. The predicted molar refractivity (Wildman–Crippen MR) is 83.0 cm³/mol. The number of hydrogen-bond donors (Lipinski definition) is 1. The highest BCUT2D eigenvalue weighted by molar-refractivity contribution is 5.94. The number of aryl methyl sites for hydroxylation is 1. The molecule has 0 fully saturated rings. The first-order valence-corrected chi connectivity index (χ1v) is 7.13. The lowest BCUT2D eigenvalue weighted by molar-refractivity contribution is -0.274. The molecule has 2 aromatic rings. The highest BCUT2D eigenvalue weighted by atomic mass is 19.4. The molecule has 1 atom stereocenters. The second-order valence-corrected chi connectivity index (χ2v) is 5.09. The van der Waals surface area contributed by atoms with Crippen molar-refractivity contribution in [1.29, 1.82) is 0 Å². The Morgan fingerprint density at radius 1 is 1.08 bits per heavy atom. The van der Waals surface area contributed by atoms with Gasteiger partial charge >= 0.3 is 6.36 Å². The molecule has 0 bridgehead atoms. The molecule has 1 unspecified atom stereocenters. The second-order valence-electron chi connectivity index (χ2n) is 5.09. The van der Waals surface area contributed by atoms with Gasteiger partial charge in [-0.3, -0.25) is 4.79 Å². The molecule has 0 aliphatic heterocycles. The van der Waals surface area contributed by atoms with Gasteiger partial charge in [0.05, 0.1) is 0 Å². The van der Waals surface area contributed by atoms with E-state index in [-0.39, 0.29) is 5.75 Å². The largest absolute Gasteiger partial charge is 0.573 e. The number of alkyl halides is 3. The van der Waals surface area contributed by atoms with Crippen LogP contribution in [0.4, 0.5) is 18.9 Å². The Hall–Kier alpha value is -2.70. The number of anilines is 1.